The Bertz CT molecular complexity index is 80.1. The zero-order valence-electron chi connectivity index (χ0n) is 4.30. The summed E-state index contributed by atoms with van der Waals surface area (Å²) in [7, 11) is 0. The van der Waals surface area contributed by atoms with E-state index in [1.165, 1.54) is 0 Å². The first-order valence-electron chi connectivity index (χ1n) is 2.56. The van der Waals surface area contributed by atoms with E-state index in [9.17, 15) is 0 Å². The Hall–Kier alpha value is -0.370. The van der Waals surface area contributed by atoms with Crippen LogP contribution in [0, 0.1) is 0 Å². The van der Waals surface area contributed by atoms with E-state index in [0.29, 0.717) is 12.1 Å². The van der Waals surface area contributed by atoms with E-state index in [0.717, 1.165) is 12.8 Å². The number of aliphatic imine (C=N–C) groups is 1. The van der Waals surface area contributed by atoms with Crippen molar-refractivity contribution in [2.75, 3.05) is 0 Å². The van der Waals surface area contributed by atoms with Crippen LogP contribution in [0.15, 0.2) is 4.99 Å². The van der Waals surface area contributed by atoms with Crippen molar-refractivity contribution in [2.45, 2.75) is 24.9 Å². The van der Waals surface area contributed by atoms with Gasteiger partial charge in [-0.05, 0) is 19.6 Å². The highest BCUT2D eigenvalue weighted by molar-refractivity contribution is 5.25. The van der Waals surface area contributed by atoms with Gasteiger partial charge in [-0.25, -0.2) is 0 Å². The molecule has 1 fully saturated rings. The molecule has 1 aliphatic carbocycles. The maximum absolute atomic E-state index is 5.50. The molecule has 0 saturated heterocycles. The fraction of sp³-hybridized carbons (Fsp3) is 0.800. The van der Waals surface area contributed by atoms with Crippen molar-refractivity contribution >= 4 is 6.72 Å². The van der Waals surface area contributed by atoms with Gasteiger partial charge < -0.3 is 5.73 Å². The molecule has 2 N–H and O–H groups in total. The molecule has 40 valence electrons. The number of rotatable bonds is 1. The molecule has 2 heteroatoms. The second-order valence-electron chi connectivity index (χ2n) is 1.99. The first-order valence-corrected chi connectivity index (χ1v) is 2.56. The minimum Gasteiger partial charge on any atom is -0.326 e. The van der Waals surface area contributed by atoms with E-state index >= 15 is 0 Å². The average molecular weight is 98.1 g/mol. The molecule has 0 aromatic heterocycles. The zero-order chi connectivity index (χ0) is 5.28. The second kappa shape index (κ2) is 1.62. The molecular formula is C5H10N2. The quantitative estimate of drug-likeness (QED) is 0.467. The van der Waals surface area contributed by atoms with Crippen LogP contribution in [-0.2, 0) is 0 Å². The molecule has 0 spiro atoms. The molecule has 0 amide bonds. The predicted molar refractivity (Wildman–Crippen MR) is 30.5 cm³/mol. The van der Waals surface area contributed by atoms with Crippen LogP contribution in [0.1, 0.15) is 12.8 Å². The van der Waals surface area contributed by atoms with E-state index in [1.54, 1.807) is 0 Å². The van der Waals surface area contributed by atoms with Crippen molar-refractivity contribution < 1.29 is 0 Å². The summed E-state index contributed by atoms with van der Waals surface area (Å²) in [6, 6.07) is 0.692. The average Bonchev–Trinajstić information content (AvgIpc) is 1.65. The van der Waals surface area contributed by atoms with Crippen molar-refractivity contribution in [3.63, 3.8) is 0 Å². The summed E-state index contributed by atoms with van der Waals surface area (Å²) in [5, 5.41) is 0. The van der Waals surface area contributed by atoms with Crippen molar-refractivity contribution in [1.29, 1.82) is 0 Å². The Morgan fingerprint density at radius 3 is 2.29 bits per heavy atom. The molecule has 1 rings (SSSR count). The Morgan fingerprint density at radius 1 is 1.57 bits per heavy atom. The molecule has 0 aromatic rings. The molecule has 7 heavy (non-hydrogen) atoms. The van der Waals surface area contributed by atoms with Gasteiger partial charge >= 0.3 is 0 Å². The fourth-order valence-electron chi connectivity index (χ4n) is 0.735. The SMILES string of the molecule is C=NC1CCC1N. The van der Waals surface area contributed by atoms with Crippen LogP contribution in [0.4, 0.5) is 0 Å². The largest absolute Gasteiger partial charge is 0.326 e. The van der Waals surface area contributed by atoms with Gasteiger partial charge in [0.15, 0.2) is 0 Å². The van der Waals surface area contributed by atoms with E-state index in [-0.39, 0.29) is 0 Å². The van der Waals surface area contributed by atoms with Crippen LogP contribution in [0.2, 0.25) is 0 Å². The van der Waals surface area contributed by atoms with E-state index in [4.69, 9.17) is 5.73 Å². The van der Waals surface area contributed by atoms with Crippen LogP contribution >= 0.6 is 0 Å². The molecule has 1 aliphatic rings. The van der Waals surface area contributed by atoms with Gasteiger partial charge in [0.25, 0.3) is 0 Å². The highest BCUT2D eigenvalue weighted by Gasteiger charge is 2.24. The first-order chi connectivity index (χ1) is 3.34. The van der Waals surface area contributed by atoms with E-state index in [1.807, 2.05) is 0 Å². The Kier molecular flexibility index (Phi) is 1.11. The fourth-order valence-corrected chi connectivity index (χ4v) is 0.735. The molecule has 0 aliphatic heterocycles. The highest BCUT2D eigenvalue weighted by atomic mass is 14.9. The molecule has 0 radical (unpaired) electrons. The third kappa shape index (κ3) is 0.657. The minimum atomic E-state index is 0.317. The summed E-state index contributed by atoms with van der Waals surface area (Å²) in [5.74, 6) is 0. The van der Waals surface area contributed by atoms with Crippen LogP contribution in [0.3, 0.4) is 0 Å². The summed E-state index contributed by atoms with van der Waals surface area (Å²) < 4.78 is 0. The predicted octanol–water partition coefficient (Wildman–Crippen LogP) is 0.177. The van der Waals surface area contributed by atoms with Gasteiger partial charge in [-0.2, -0.15) is 0 Å². The normalized spacial score (nSPS) is 39.6. The van der Waals surface area contributed by atoms with Gasteiger partial charge in [-0.3, -0.25) is 4.99 Å². The van der Waals surface area contributed by atoms with Crippen molar-refractivity contribution in [3.8, 4) is 0 Å². The van der Waals surface area contributed by atoms with E-state index < -0.39 is 0 Å². The number of hydrogen-bond donors (Lipinski definition) is 1. The van der Waals surface area contributed by atoms with Crippen LogP contribution in [0.5, 0.6) is 0 Å². The summed E-state index contributed by atoms with van der Waals surface area (Å²) >= 11 is 0. The van der Waals surface area contributed by atoms with Crippen molar-refractivity contribution in [3.05, 3.63) is 0 Å². The maximum atomic E-state index is 5.50. The molecule has 2 nitrogen and oxygen atoms in total. The summed E-state index contributed by atoms with van der Waals surface area (Å²) in [6.45, 7) is 3.40. The van der Waals surface area contributed by atoms with E-state index in [2.05, 4.69) is 11.7 Å². The molecular weight excluding hydrogens is 88.1 g/mol. The first kappa shape index (κ1) is 4.78. The third-order valence-corrected chi connectivity index (χ3v) is 1.52. The van der Waals surface area contributed by atoms with Crippen LogP contribution < -0.4 is 5.73 Å². The van der Waals surface area contributed by atoms with Gasteiger partial charge in [-0.15, -0.1) is 0 Å². The molecule has 2 unspecified atom stereocenters. The lowest BCUT2D eigenvalue weighted by molar-refractivity contribution is 0.350. The monoisotopic (exact) mass is 98.1 g/mol. The standard InChI is InChI=1S/C5H10N2/c1-7-5-3-2-4(5)6/h4-5H,1-3,6H2. The van der Waals surface area contributed by atoms with Gasteiger partial charge in [0.1, 0.15) is 0 Å². The zero-order valence-corrected chi connectivity index (χ0v) is 4.30. The summed E-state index contributed by atoms with van der Waals surface area (Å²) in [4.78, 5) is 3.80. The van der Waals surface area contributed by atoms with Crippen molar-refractivity contribution in [2.24, 2.45) is 10.7 Å². The molecule has 0 aromatic carbocycles. The van der Waals surface area contributed by atoms with Crippen LogP contribution in [0.25, 0.3) is 0 Å². The lowest BCUT2D eigenvalue weighted by Gasteiger charge is -2.29. The molecule has 2 atom stereocenters. The lowest BCUT2D eigenvalue weighted by Crippen LogP contribution is -2.42. The summed E-state index contributed by atoms with van der Waals surface area (Å²) in [5.41, 5.74) is 5.50. The lowest BCUT2D eigenvalue weighted by atomic mass is 9.88. The van der Waals surface area contributed by atoms with Gasteiger partial charge in [0.2, 0.25) is 0 Å². The third-order valence-electron chi connectivity index (χ3n) is 1.52. The van der Waals surface area contributed by atoms with Gasteiger partial charge in [0.05, 0.1) is 6.04 Å². The number of hydrogen-bond acceptors (Lipinski definition) is 2. The molecule has 0 bridgehead atoms. The Balaban J connectivity index is 2.28. The topological polar surface area (TPSA) is 38.4 Å². The molecule has 0 heterocycles. The van der Waals surface area contributed by atoms with Crippen molar-refractivity contribution in [1.82, 2.24) is 0 Å². The minimum absolute atomic E-state index is 0.317. The number of nitrogens with zero attached hydrogens (tertiary/aromatic N) is 1. The number of nitrogens with two attached hydrogens (primary N) is 1. The maximum Gasteiger partial charge on any atom is 0.0643 e. The highest BCUT2D eigenvalue weighted by Crippen LogP contribution is 2.19. The Labute approximate surface area is 43.4 Å². The van der Waals surface area contributed by atoms with Gasteiger partial charge in [-0.1, -0.05) is 0 Å². The second-order valence-corrected chi connectivity index (χ2v) is 1.99. The smallest absolute Gasteiger partial charge is 0.0643 e. The van der Waals surface area contributed by atoms with Gasteiger partial charge in [0, 0.05) is 6.04 Å². The summed E-state index contributed by atoms with van der Waals surface area (Å²) in [6.07, 6.45) is 2.27. The Morgan fingerprint density at radius 2 is 2.29 bits per heavy atom. The molecule has 1 saturated carbocycles. The van der Waals surface area contributed by atoms with Crippen LogP contribution in [-0.4, -0.2) is 18.8 Å².